The average molecular weight is 384 g/mol. The van der Waals surface area contributed by atoms with Gasteiger partial charge >= 0.3 is 11.8 Å². The molecule has 0 fully saturated rings. The molecule has 0 spiro atoms. The van der Waals surface area contributed by atoms with E-state index in [-0.39, 0.29) is 12.5 Å². The lowest BCUT2D eigenvalue weighted by atomic mass is 10.1. The molecular weight excluding hydrogens is 366 g/mol. The lowest BCUT2D eigenvalue weighted by Crippen LogP contribution is -2.45. The van der Waals surface area contributed by atoms with E-state index in [4.69, 9.17) is 4.74 Å². The van der Waals surface area contributed by atoms with Crippen LogP contribution >= 0.6 is 15.9 Å². The Kier molecular flexibility index (Phi) is 5.73. The van der Waals surface area contributed by atoms with Crippen molar-refractivity contribution >= 4 is 39.3 Å². The largest absolute Gasteiger partial charge is 0.383 e. The Balaban J connectivity index is 2.14. The maximum atomic E-state index is 12.5. The quantitative estimate of drug-likeness (QED) is 0.579. The summed E-state index contributed by atoms with van der Waals surface area (Å²) in [6.45, 7) is 2.87. The van der Waals surface area contributed by atoms with Crippen LogP contribution in [0.2, 0.25) is 0 Å². The number of fused-ring (bicyclic) bond motifs is 1. The molecule has 8 heteroatoms. The molecule has 1 aromatic carbocycles. The molecule has 0 saturated carbocycles. The highest BCUT2D eigenvalue weighted by Gasteiger charge is 2.38. The molecule has 0 saturated heterocycles. The number of amides is 3. The Labute approximate surface area is 142 Å². The minimum Gasteiger partial charge on any atom is -0.383 e. The normalized spacial score (nSPS) is 16.2. The first-order chi connectivity index (χ1) is 11.0. The summed E-state index contributed by atoms with van der Waals surface area (Å²) in [7, 11) is 1.50. The third-order valence-electron chi connectivity index (χ3n) is 3.49. The van der Waals surface area contributed by atoms with Gasteiger partial charge < -0.3 is 20.3 Å². The zero-order chi connectivity index (χ0) is 17.0. The van der Waals surface area contributed by atoms with Crippen LogP contribution in [0.15, 0.2) is 22.7 Å². The van der Waals surface area contributed by atoms with E-state index in [2.05, 4.69) is 26.6 Å². The van der Waals surface area contributed by atoms with Crippen LogP contribution < -0.4 is 15.5 Å². The Morgan fingerprint density at radius 1 is 1.35 bits per heavy atom. The zero-order valence-corrected chi connectivity index (χ0v) is 14.5. The minimum atomic E-state index is -0.858. The Bertz CT molecular complexity index is 635. The molecular formula is C15H18BrN3O4. The molecule has 1 aliphatic rings. The molecule has 2 N–H and O–H groups in total. The van der Waals surface area contributed by atoms with Crippen LogP contribution in [0.1, 0.15) is 18.5 Å². The van der Waals surface area contributed by atoms with E-state index < -0.39 is 17.9 Å². The van der Waals surface area contributed by atoms with Crippen molar-refractivity contribution < 1.29 is 19.1 Å². The van der Waals surface area contributed by atoms with Crippen LogP contribution in [0.5, 0.6) is 0 Å². The van der Waals surface area contributed by atoms with Crippen molar-refractivity contribution in [3.05, 3.63) is 28.2 Å². The maximum Gasteiger partial charge on any atom is 0.310 e. The van der Waals surface area contributed by atoms with Crippen molar-refractivity contribution in [2.45, 2.75) is 13.0 Å². The maximum absolute atomic E-state index is 12.5. The predicted octanol–water partition coefficient (Wildman–Crippen LogP) is 0.736. The number of carbonyl (C=O) groups excluding carboxylic acids is 3. The number of ether oxygens (including phenoxy) is 1. The van der Waals surface area contributed by atoms with Crippen molar-refractivity contribution in [2.24, 2.45) is 0 Å². The predicted molar refractivity (Wildman–Crippen MR) is 87.9 cm³/mol. The summed E-state index contributed by atoms with van der Waals surface area (Å²) in [6, 6.07) is 4.56. The average Bonchev–Trinajstić information content (AvgIpc) is 2.78. The van der Waals surface area contributed by atoms with Crippen LogP contribution in [0.25, 0.3) is 0 Å². The van der Waals surface area contributed by atoms with Crippen molar-refractivity contribution in [3.63, 3.8) is 0 Å². The van der Waals surface area contributed by atoms with Gasteiger partial charge in [0, 0.05) is 35.9 Å². The van der Waals surface area contributed by atoms with Crippen molar-refractivity contribution in [1.82, 2.24) is 10.6 Å². The zero-order valence-electron chi connectivity index (χ0n) is 12.9. The molecule has 1 aromatic rings. The fourth-order valence-electron chi connectivity index (χ4n) is 2.42. The first-order valence-electron chi connectivity index (χ1n) is 7.18. The Hall–Kier alpha value is -1.93. The number of carbonyl (C=O) groups is 3. The van der Waals surface area contributed by atoms with E-state index in [1.165, 1.54) is 7.11 Å². The van der Waals surface area contributed by atoms with E-state index in [0.29, 0.717) is 18.7 Å². The van der Waals surface area contributed by atoms with Gasteiger partial charge in [-0.25, -0.2) is 0 Å². The Morgan fingerprint density at radius 3 is 2.74 bits per heavy atom. The van der Waals surface area contributed by atoms with Crippen LogP contribution in [0.3, 0.4) is 0 Å². The highest BCUT2D eigenvalue weighted by Crippen LogP contribution is 2.37. The van der Waals surface area contributed by atoms with Crippen LogP contribution in [0, 0.1) is 0 Å². The van der Waals surface area contributed by atoms with E-state index in [1.807, 2.05) is 19.1 Å². The number of nitrogens with zero attached hydrogens (tertiary/aromatic N) is 1. The van der Waals surface area contributed by atoms with Crippen LogP contribution in [-0.2, 0) is 19.1 Å². The topological polar surface area (TPSA) is 87.7 Å². The number of hydrogen-bond acceptors (Lipinski definition) is 4. The lowest BCUT2D eigenvalue weighted by molar-refractivity contribution is -0.140. The van der Waals surface area contributed by atoms with E-state index >= 15 is 0 Å². The molecule has 1 heterocycles. The molecule has 1 unspecified atom stereocenters. The molecule has 1 atom stereocenters. The molecule has 1 aliphatic heterocycles. The van der Waals surface area contributed by atoms with Gasteiger partial charge in [0.25, 0.3) is 5.91 Å². The van der Waals surface area contributed by atoms with Crippen molar-refractivity contribution in [3.8, 4) is 0 Å². The van der Waals surface area contributed by atoms with Gasteiger partial charge in [-0.3, -0.25) is 14.4 Å². The second-order valence-corrected chi connectivity index (χ2v) is 5.86. The number of benzene rings is 1. The molecule has 124 valence electrons. The molecule has 23 heavy (non-hydrogen) atoms. The summed E-state index contributed by atoms with van der Waals surface area (Å²) in [5.41, 5.74) is 1.41. The van der Waals surface area contributed by atoms with Crippen LogP contribution in [0.4, 0.5) is 5.69 Å². The number of likely N-dealkylation sites (N-methyl/N-ethyl adjacent to an activating group) is 1. The highest BCUT2D eigenvalue weighted by molar-refractivity contribution is 9.10. The van der Waals surface area contributed by atoms with Gasteiger partial charge in [-0.2, -0.15) is 0 Å². The smallest absolute Gasteiger partial charge is 0.310 e. The fraction of sp³-hybridized carbons (Fsp3) is 0.400. The van der Waals surface area contributed by atoms with E-state index in [1.54, 1.807) is 11.0 Å². The second-order valence-electron chi connectivity index (χ2n) is 4.94. The van der Waals surface area contributed by atoms with Crippen molar-refractivity contribution in [2.75, 3.05) is 31.7 Å². The number of anilines is 1. The van der Waals surface area contributed by atoms with Gasteiger partial charge in [0.2, 0.25) is 0 Å². The number of rotatable bonds is 5. The van der Waals surface area contributed by atoms with Gasteiger partial charge in [-0.1, -0.05) is 15.9 Å². The Morgan fingerprint density at radius 2 is 2.09 bits per heavy atom. The molecule has 2 rings (SSSR count). The highest BCUT2D eigenvalue weighted by atomic mass is 79.9. The SMILES string of the molecule is CCN1C(=O)C(NC(=O)C(=O)NCCOC)c2cc(Br)ccc21. The summed E-state index contributed by atoms with van der Waals surface area (Å²) >= 11 is 3.36. The van der Waals surface area contributed by atoms with E-state index in [9.17, 15) is 14.4 Å². The fourth-order valence-corrected chi connectivity index (χ4v) is 2.80. The standard InChI is InChI=1S/C15H18BrN3O4/c1-3-19-11-5-4-9(16)8-10(11)12(15(19)22)18-14(21)13(20)17-6-7-23-2/h4-5,8,12H,3,6-7H2,1-2H3,(H,17,20)(H,18,21). The monoisotopic (exact) mass is 383 g/mol. The first-order valence-corrected chi connectivity index (χ1v) is 7.97. The van der Waals surface area contributed by atoms with Gasteiger partial charge in [0.05, 0.1) is 6.61 Å². The molecule has 3 amide bonds. The third kappa shape index (κ3) is 3.70. The lowest BCUT2D eigenvalue weighted by Gasteiger charge is -2.15. The summed E-state index contributed by atoms with van der Waals surface area (Å²) < 4.78 is 5.60. The second kappa shape index (κ2) is 7.56. The molecule has 7 nitrogen and oxygen atoms in total. The van der Waals surface area contributed by atoms with Gasteiger partial charge in [-0.15, -0.1) is 0 Å². The van der Waals surface area contributed by atoms with Gasteiger partial charge in [0.15, 0.2) is 0 Å². The summed E-state index contributed by atoms with van der Waals surface area (Å²) in [5, 5.41) is 4.92. The number of nitrogens with one attached hydrogen (secondary N) is 2. The van der Waals surface area contributed by atoms with Crippen molar-refractivity contribution in [1.29, 1.82) is 0 Å². The van der Waals surface area contributed by atoms with Gasteiger partial charge in [-0.05, 0) is 25.1 Å². The van der Waals surface area contributed by atoms with Gasteiger partial charge in [0.1, 0.15) is 6.04 Å². The molecule has 0 aromatic heterocycles. The summed E-state index contributed by atoms with van der Waals surface area (Å²) in [5.74, 6) is -1.89. The van der Waals surface area contributed by atoms with Crippen LogP contribution in [-0.4, -0.2) is 44.5 Å². The molecule has 0 aliphatic carbocycles. The summed E-state index contributed by atoms with van der Waals surface area (Å²) in [4.78, 5) is 37.8. The number of halogens is 1. The number of methoxy groups -OCH3 is 1. The summed E-state index contributed by atoms with van der Waals surface area (Å²) in [6.07, 6.45) is 0. The van der Waals surface area contributed by atoms with E-state index in [0.717, 1.165) is 10.2 Å². The third-order valence-corrected chi connectivity index (χ3v) is 3.99. The number of hydrogen-bond donors (Lipinski definition) is 2. The molecule has 0 radical (unpaired) electrons. The minimum absolute atomic E-state index is 0.227. The first kappa shape index (κ1) is 17.4. The molecule has 0 bridgehead atoms.